The SMILES string of the molecule is CC1OCC(C(=O)O)C1=O. The highest BCUT2D eigenvalue weighted by Crippen LogP contribution is 2.14. The zero-order chi connectivity index (χ0) is 7.72. The molecular formula is C6H8O4. The molecule has 1 N–H and O–H groups in total. The highest BCUT2D eigenvalue weighted by molar-refractivity contribution is 6.01. The number of carbonyl (C=O) groups excluding carboxylic acids is 1. The Balaban J connectivity index is 2.66. The van der Waals surface area contributed by atoms with Gasteiger partial charge >= 0.3 is 5.97 Å². The van der Waals surface area contributed by atoms with Crippen LogP contribution in [0.4, 0.5) is 0 Å². The van der Waals surface area contributed by atoms with Crippen molar-refractivity contribution in [2.45, 2.75) is 13.0 Å². The van der Waals surface area contributed by atoms with Gasteiger partial charge in [-0.15, -0.1) is 0 Å². The standard InChI is InChI=1S/C6H8O4/c1-3-5(7)4(2-10-3)6(8)9/h3-4H,2H2,1H3,(H,8,9). The highest BCUT2D eigenvalue weighted by Gasteiger charge is 2.37. The molecule has 0 bridgehead atoms. The first-order valence-electron chi connectivity index (χ1n) is 3.01. The van der Waals surface area contributed by atoms with Crippen molar-refractivity contribution in [2.75, 3.05) is 6.61 Å². The fourth-order valence-corrected chi connectivity index (χ4v) is 0.881. The normalized spacial score (nSPS) is 32.7. The van der Waals surface area contributed by atoms with Crippen molar-refractivity contribution in [3.8, 4) is 0 Å². The monoisotopic (exact) mass is 144 g/mol. The molecule has 0 aromatic rings. The van der Waals surface area contributed by atoms with Gasteiger partial charge in [-0.25, -0.2) is 0 Å². The number of hydrogen-bond donors (Lipinski definition) is 1. The van der Waals surface area contributed by atoms with Crippen molar-refractivity contribution < 1.29 is 19.4 Å². The minimum atomic E-state index is -1.09. The molecule has 0 radical (unpaired) electrons. The van der Waals surface area contributed by atoms with Crippen LogP contribution in [-0.4, -0.2) is 29.6 Å². The van der Waals surface area contributed by atoms with Crippen LogP contribution in [0.25, 0.3) is 0 Å². The predicted octanol–water partition coefficient (Wildman–Crippen LogP) is -0.325. The molecule has 0 spiro atoms. The minimum absolute atomic E-state index is 0.0231. The first-order valence-corrected chi connectivity index (χ1v) is 3.01. The topological polar surface area (TPSA) is 63.6 Å². The van der Waals surface area contributed by atoms with E-state index in [4.69, 9.17) is 9.84 Å². The van der Waals surface area contributed by atoms with Crippen LogP contribution in [-0.2, 0) is 14.3 Å². The van der Waals surface area contributed by atoms with E-state index in [1.165, 1.54) is 0 Å². The van der Waals surface area contributed by atoms with Gasteiger partial charge in [0.25, 0.3) is 0 Å². The Bertz CT molecular complexity index is 175. The molecular weight excluding hydrogens is 136 g/mol. The first-order chi connectivity index (χ1) is 4.63. The predicted molar refractivity (Wildman–Crippen MR) is 31.5 cm³/mol. The molecule has 1 rings (SSSR count). The van der Waals surface area contributed by atoms with Crippen LogP contribution in [0.1, 0.15) is 6.92 Å². The molecule has 0 saturated carbocycles. The van der Waals surface area contributed by atoms with Crippen molar-refractivity contribution in [2.24, 2.45) is 5.92 Å². The lowest BCUT2D eigenvalue weighted by Gasteiger charge is -1.96. The largest absolute Gasteiger partial charge is 0.481 e. The van der Waals surface area contributed by atoms with Crippen molar-refractivity contribution in [3.63, 3.8) is 0 Å². The molecule has 1 heterocycles. The second-order valence-electron chi connectivity index (χ2n) is 2.27. The third-order valence-electron chi connectivity index (χ3n) is 1.56. The zero-order valence-electron chi connectivity index (χ0n) is 5.53. The van der Waals surface area contributed by atoms with E-state index in [1.807, 2.05) is 0 Å². The third-order valence-corrected chi connectivity index (χ3v) is 1.56. The van der Waals surface area contributed by atoms with Crippen LogP contribution < -0.4 is 0 Å². The van der Waals surface area contributed by atoms with E-state index in [0.29, 0.717) is 0 Å². The van der Waals surface area contributed by atoms with Gasteiger partial charge < -0.3 is 9.84 Å². The van der Waals surface area contributed by atoms with Gasteiger partial charge in [0.2, 0.25) is 0 Å². The van der Waals surface area contributed by atoms with Gasteiger partial charge in [0.1, 0.15) is 12.0 Å². The lowest BCUT2D eigenvalue weighted by molar-refractivity contribution is -0.144. The Kier molecular flexibility index (Phi) is 1.72. The molecule has 1 aliphatic rings. The molecule has 4 nitrogen and oxygen atoms in total. The summed E-state index contributed by atoms with van der Waals surface area (Å²) in [6.45, 7) is 1.58. The lowest BCUT2D eigenvalue weighted by atomic mass is 10.1. The van der Waals surface area contributed by atoms with Crippen molar-refractivity contribution >= 4 is 11.8 Å². The van der Waals surface area contributed by atoms with Crippen molar-refractivity contribution in [1.29, 1.82) is 0 Å². The number of hydrogen-bond acceptors (Lipinski definition) is 3. The van der Waals surface area contributed by atoms with Crippen LogP contribution in [0, 0.1) is 5.92 Å². The molecule has 1 aliphatic heterocycles. The van der Waals surface area contributed by atoms with Gasteiger partial charge in [-0.05, 0) is 6.92 Å². The first kappa shape index (κ1) is 7.21. The highest BCUT2D eigenvalue weighted by atomic mass is 16.5. The number of Topliss-reactive ketones (excluding diaryl/α,β-unsaturated/α-hetero) is 1. The molecule has 0 aromatic heterocycles. The summed E-state index contributed by atoms with van der Waals surface area (Å²) in [7, 11) is 0. The van der Waals surface area contributed by atoms with Crippen LogP contribution in [0.2, 0.25) is 0 Å². The number of rotatable bonds is 1. The van der Waals surface area contributed by atoms with E-state index in [1.54, 1.807) is 6.92 Å². The van der Waals surface area contributed by atoms with E-state index in [0.717, 1.165) is 0 Å². The summed E-state index contributed by atoms with van der Waals surface area (Å²) in [5, 5.41) is 8.40. The molecule has 0 aromatic carbocycles. The van der Waals surface area contributed by atoms with Crippen LogP contribution in [0.3, 0.4) is 0 Å². The summed E-state index contributed by atoms with van der Waals surface area (Å²) in [6, 6.07) is 0. The van der Waals surface area contributed by atoms with E-state index in [2.05, 4.69) is 0 Å². The number of carboxylic acid groups (broad SMARTS) is 1. The van der Waals surface area contributed by atoms with Crippen molar-refractivity contribution in [1.82, 2.24) is 0 Å². The summed E-state index contributed by atoms with van der Waals surface area (Å²) in [5.74, 6) is -2.35. The average Bonchev–Trinajstić information content (AvgIpc) is 2.14. The molecule has 2 unspecified atom stereocenters. The number of ether oxygens (including phenoxy) is 1. The van der Waals surface area contributed by atoms with Gasteiger partial charge in [0, 0.05) is 0 Å². The van der Waals surface area contributed by atoms with E-state index >= 15 is 0 Å². The van der Waals surface area contributed by atoms with E-state index in [-0.39, 0.29) is 12.4 Å². The summed E-state index contributed by atoms with van der Waals surface area (Å²) in [5.41, 5.74) is 0. The number of aliphatic carboxylic acids is 1. The Morgan fingerprint density at radius 3 is 2.60 bits per heavy atom. The Morgan fingerprint density at radius 2 is 2.40 bits per heavy atom. The number of carboxylic acids is 1. The Labute approximate surface area is 57.8 Å². The Hall–Kier alpha value is -0.900. The molecule has 0 amide bonds. The second kappa shape index (κ2) is 2.38. The molecule has 2 atom stereocenters. The lowest BCUT2D eigenvalue weighted by Crippen LogP contribution is -2.24. The average molecular weight is 144 g/mol. The zero-order valence-corrected chi connectivity index (χ0v) is 5.53. The maximum atomic E-state index is 10.8. The molecule has 10 heavy (non-hydrogen) atoms. The van der Waals surface area contributed by atoms with Crippen molar-refractivity contribution in [3.05, 3.63) is 0 Å². The Morgan fingerprint density at radius 1 is 1.80 bits per heavy atom. The summed E-state index contributed by atoms with van der Waals surface area (Å²) in [4.78, 5) is 21.1. The maximum absolute atomic E-state index is 10.8. The maximum Gasteiger partial charge on any atom is 0.316 e. The summed E-state index contributed by atoms with van der Waals surface area (Å²) >= 11 is 0. The number of carbonyl (C=O) groups is 2. The van der Waals surface area contributed by atoms with Gasteiger partial charge in [-0.3, -0.25) is 9.59 Å². The molecule has 56 valence electrons. The van der Waals surface area contributed by atoms with Gasteiger partial charge in [0.05, 0.1) is 6.61 Å². The number of ketones is 1. The van der Waals surface area contributed by atoms with Crippen LogP contribution in [0.5, 0.6) is 0 Å². The van der Waals surface area contributed by atoms with Gasteiger partial charge in [0.15, 0.2) is 5.78 Å². The smallest absolute Gasteiger partial charge is 0.316 e. The van der Waals surface area contributed by atoms with E-state index in [9.17, 15) is 9.59 Å². The van der Waals surface area contributed by atoms with Crippen LogP contribution in [0.15, 0.2) is 0 Å². The van der Waals surface area contributed by atoms with Gasteiger partial charge in [-0.1, -0.05) is 0 Å². The molecule has 4 heteroatoms. The summed E-state index contributed by atoms with van der Waals surface area (Å²) < 4.78 is 4.81. The molecule has 1 saturated heterocycles. The van der Waals surface area contributed by atoms with Crippen LogP contribution >= 0.6 is 0 Å². The summed E-state index contributed by atoms with van der Waals surface area (Å²) in [6.07, 6.45) is -0.541. The molecule has 0 aliphatic carbocycles. The fourth-order valence-electron chi connectivity index (χ4n) is 0.881. The quantitative estimate of drug-likeness (QED) is 0.512. The second-order valence-corrected chi connectivity index (χ2v) is 2.27. The third kappa shape index (κ3) is 1.02. The van der Waals surface area contributed by atoms with E-state index < -0.39 is 18.0 Å². The minimum Gasteiger partial charge on any atom is -0.481 e. The van der Waals surface area contributed by atoms with Gasteiger partial charge in [-0.2, -0.15) is 0 Å². The molecule has 1 fully saturated rings. The fraction of sp³-hybridized carbons (Fsp3) is 0.667.